The van der Waals surface area contributed by atoms with E-state index in [1.807, 2.05) is 12.3 Å². The van der Waals surface area contributed by atoms with Gasteiger partial charge in [-0.1, -0.05) is 6.07 Å². The predicted molar refractivity (Wildman–Crippen MR) is 64.0 cm³/mol. The molecule has 0 unspecified atom stereocenters. The largest absolute Gasteiger partial charge is 0.356 e. The molecule has 3 nitrogen and oxygen atoms in total. The average Bonchev–Trinajstić information content (AvgIpc) is 2.15. The molecule has 1 heterocycles. The first-order chi connectivity index (χ1) is 6.68. The zero-order valence-corrected chi connectivity index (χ0v) is 10.2. The van der Waals surface area contributed by atoms with Crippen molar-refractivity contribution < 1.29 is 4.79 Å². The Morgan fingerprint density at radius 3 is 2.93 bits per heavy atom. The molecule has 1 rings (SSSR count). The number of hydrogen-bond donors (Lipinski definition) is 1. The minimum Gasteiger partial charge on any atom is -0.356 e. The minimum absolute atomic E-state index is 0.0331. The molecule has 0 bridgehead atoms. The molecule has 0 radical (unpaired) electrons. The normalized spacial score (nSPS) is 9.86. The molecule has 1 aromatic heterocycles. The van der Waals surface area contributed by atoms with E-state index in [1.165, 1.54) is 12.5 Å². The maximum absolute atomic E-state index is 10.6. The summed E-state index contributed by atoms with van der Waals surface area (Å²) in [7, 11) is 0. The summed E-state index contributed by atoms with van der Waals surface area (Å²) < 4.78 is 1.01. The molecular formula is C10H13IN2O. The van der Waals surface area contributed by atoms with Gasteiger partial charge in [0.05, 0.1) is 0 Å². The van der Waals surface area contributed by atoms with E-state index in [4.69, 9.17) is 0 Å². The monoisotopic (exact) mass is 304 g/mol. The van der Waals surface area contributed by atoms with Crippen molar-refractivity contribution in [1.82, 2.24) is 10.3 Å². The molecule has 1 N–H and O–H groups in total. The lowest BCUT2D eigenvalue weighted by Gasteiger charge is -2.02. The van der Waals surface area contributed by atoms with Crippen molar-refractivity contribution in [2.45, 2.75) is 19.8 Å². The van der Waals surface area contributed by atoms with Gasteiger partial charge in [-0.15, -0.1) is 0 Å². The molecule has 0 atom stereocenters. The van der Waals surface area contributed by atoms with Crippen LogP contribution in [0.3, 0.4) is 0 Å². The van der Waals surface area contributed by atoms with Crippen LogP contribution < -0.4 is 5.32 Å². The lowest BCUT2D eigenvalue weighted by Crippen LogP contribution is -2.21. The first-order valence-electron chi connectivity index (χ1n) is 4.53. The van der Waals surface area contributed by atoms with E-state index in [2.05, 4.69) is 39.0 Å². The molecule has 0 aromatic carbocycles. The lowest BCUT2D eigenvalue weighted by atomic mass is 10.1. The fraction of sp³-hybridized carbons (Fsp3) is 0.400. The van der Waals surface area contributed by atoms with Gasteiger partial charge in [0.15, 0.2) is 0 Å². The topological polar surface area (TPSA) is 42.0 Å². The number of carbonyl (C=O) groups is 1. The second kappa shape index (κ2) is 5.95. The van der Waals surface area contributed by atoms with Gasteiger partial charge in [-0.05, 0) is 47.1 Å². The number of carbonyl (C=O) groups excluding carboxylic acids is 1. The van der Waals surface area contributed by atoms with Gasteiger partial charge >= 0.3 is 0 Å². The van der Waals surface area contributed by atoms with Crippen LogP contribution in [0.5, 0.6) is 0 Å². The summed E-state index contributed by atoms with van der Waals surface area (Å²) >= 11 is 2.18. The SMILES string of the molecule is CC(=O)NCCCc1ccc(I)nc1. The highest BCUT2D eigenvalue weighted by Crippen LogP contribution is 2.04. The van der Waals surface area contributed by atoms with Crippen LogP contribution in [-0.4, -0.2) is 17.4 Å². The fourth-order valence-corrected chi connectivity index (χ4v) is 1.43. The molecule has 1 amide bonds. The molecule has 76 valence electrons. The summed E-state index contributed by atoms with van der Waals surface area (Å²) in [5, 5.41) is 2.77. The summed E-state index contributed by atoms with van der Waals surface area (Å²) in [6.07, 6.45) is 3.81. The molecular weight excluding hydrogens is 291 g/mol. The second-order valence-electron chi connectivity index (χ2n) is 3.08. The van der Waals surface area contributed by atoms with Gasteiger partial charge in [0, 0.05) is 19.7 Å². The van der Waals surface area contributed by atoms with Gasteiger partial charge in [-0.2, -0.15) is 0 Å². The molecule has 14 heavy (non-hydrogen) atoms. The van der Waals surface area contributed by atoms with Crippen LogP contribution in [0.25, 0.3) is 0 Å². The van der Waals surface area contributed by atoms with E-state index in [1.54, 1.807) is 0 Å². The Morgan fingerprint density at radius 1 is 1.57 bits per heavy atom. The Hall–Kier alpha value is -0.650. The van der Waals surface area contributed by atoms with Crippen molar-refractivity contribution in [3.05, 3.63) is 27.6 Å². The predicted octanol–water partition coefficient (Wildman–Crippen LogP) is 1.75. The van der Waals surface area contributed by atoms with Gasteiger partial charge < -0.3 is 5.32 Å². The standard InChI is InChI=1S/C10H13IN2O/c1-8(14)12-6-2-3-9-4-5-10(11)13-7-9/h4-5,7H,2-3,6H2,1H3,(H,12,14). The number of amides is 1. The quantitative estimate of drug-likeness (QED) is 0.523. The average molecular weight is 304 g/mol. The molecule has 0 saturated heterocycles. The van der Waals surface area contributed by atoms with E-state index in [-0.39, 0.29) is 5.91 Å². The second-order valence-corrected chi connectivity index (χ2v) is 4.18. The molecule has 0 aliphatic rings. The third kappa shape index (κ3) is 4.55. The summed E-state index contributed by atoms with van der Waals surface area (Å²) in [6.45, 7) is 2.27. The zero-order chi connectivity index (χ0) is 10.4. The molecule has 1 aromatic rings. The minimum atomic E-state index is 0.0331. The molecule has 0 fully saturated rings. The number of nitrogens with one attached hydrogen (secondary N) is 1. The van der Waals surface area contributed by atoms with Crippen molar-refractivity contribution in [3.63, 3.8) is 0 Å². The van der Waals surface area contributed by atoms with Crippen molar-refractivity contribution in [1.29, 1.82) is 0 Å². The molecule has 0 aliphatic carbocycles. The van der Waals surface area contributed by atoms with Crippen LogP contribution in [0.1, 0.15) is 18.9 Å². The number of hydrogen-bond acceptors (Lipinski definition) is 2. The highest BCUT2D eigenvalue weighted by atomic mass is 127. The smallest absolute Gasteiger partial charge is 0.216 e. The van der Waals surface area contributed by atoms with Crippen molar-refractivity contribution in [2.24, 2.45) is 0 Å². The van der Waals surface area contributed by atoms with Crippen LogP contribution in [-0.2, 0) is 11.2 Å². The van der Waals surface area contributed by atoms with Crippen LogP contribution in [0.2, 0.25) is 0 Å². The van der Waals surface area contributed by atoms with E-state index in [0.29, 0.717) is 0 Å². The maximum atomic E-state index is 10.6. The highest BCUT2D eigenvalue weighted by Gasteiger charge is 1.95. The maximum Gasteiger partial charge on any atom is 0.216 e. The van der Waals surface area contributed by atoms with Gasteiger partial charge in [-0.25, -0.2) is 0 Å². The number of aromatic nitrogens is 1. The molecule has 4 heteroatoms. The lowest BCUT2D eigenvalue weighted by molar-refractivity contribution is -0.118. The first kappa shape index (κ1) is 11.4. The van der Waals surface area contributed by atoms with E-state index < -0.39 is 0 Å². The number of pyridine rings is 1. The van der Waals surface area contributed by atoms with E-state index >= 15 is 0 Å². The third-order valence-corrected chi connectivity index (χ3v) is 2.44. The van der Waals surface area contributed by atoms with Crippen LogP contribution >= 0.6 is 22.6 Å². The number of halogens is 1. The summed E-state index contributed by atoms with van der Waals surface area (Å²) in [5.41, 5.74) is 1.22. The summed E-state index contributed by atoms with van der Waals surface area (Å²) in [4.78, 5) is 14.8. The van der Waals surface area contributed by atoms with Gasteiger partial charge in [0.2, 0.25) is 5.91 Å². The third-order valence-electron chi connectivity index (χ3n) is 1.80. The summed E-state index contributed by atoms with van der Waals surface area (Å²) in [6, 6.07) is 4.07. The Kier molecular flexibility index (Phi) is 4.86. The Bertz CT molecular complexity index is 297. The van der Waals surface area contributed by atoms with Crippen LogP contribution in [0, 0.1) is 3.70 Å². The zero-order valence-electron chi connectivity index (χ0n) is 8.09. The van der Waals surface area contributed by atoms with Crippen molar-refractivity contribution in [2.75, 3.05) is 6.54 Å². The van der Waals surface area contributed by atoms with Gasteiger partial charge in [-0.3, -0.25) is 9.78 Å². The Balaban J connectivity index is 2.25. The first-order valence-corrected chi connectivity index (χ1v) is 5.61. The van der Waals surface area contributed by atoms with Crippen LogP contribution in [0.15, 0.2) is 18.3 Å². The van der Waals surface area contributed by atoms with Crippen molar-refractivity contribution >= 4 is 28.5 Å². The van der Waals surface area contributed by atoms with Crippen LogP contribution in [0.4, 0.5) is 0 Å². The Morgan fingerprint density at radius 2 is 2.36 bits per heavy atom. The van der Waals surface area contributed by atoms with E-state index in [0.717, 1.165) is 23.1 Å². The number of nitrogens with zero attached hydrogens (tertiary/aromatic N) is 1. The molecule has 0 saturated carbocycles. The number of aryl methyl sites for hydroxylation is 1. The summed E-state index contributed by atoms with van der Waals surface area (Å²) in [5.74, 6) is 0.0331. The van der Waals surface area contributed by atoms with Gasteiger partial charge in [0.25, 0.3) is 0 Å². The molecule has 0 aliphatic heterocycles. The van der Waals surface area contributed by atoms with E-state index in [9.17, 15) is 4.79 Å². The number of rotatable bonds is 4. The highest BCUT2D eigenvalue weighted by molar-refractivity contribution is 14.1. The Labute approximate surface area is 97.4 Å². The van der Waals surface area contributed by atoms with Gasteiger partial charge in [0.1, 0.15) is 3.70 Å². The molecule has 0 spiro atoms. The fourth-order valence-electron chi connectivity index (χ4n) is 1.11. The van der Waals surface area contributed by atoms with Crippen molar-refractivity contribution in [3.8, 4) is 0 Å².